The Labute approximate surface area is 119 Å². The molecule has 1 aromatic rings. The smallest absolute Gasteiger partial charge is 0.355 e. The van der Waals surface area contributed by atoms with E-state index in [1.807, 2.05) is 17.5 Å². The zero-order valence-corrected chi connectivity index (χ0v) is 11.4. The Hall–Kier alpha value is -2.22. The first-order valence-corrected chi connectivity index (χ1v) is 6.84. The summed E-state index contributed by atoms with van der Waals surface area (Å²) in [6.07, 6.45) is 0.417. The van der Waals surface area contributed by atoms with Crippen LogP contribution in [0.5, 0.6) is 0 Å². The summed E-state index contributed by atoms with van der Waals surface area (Å²) in [4.78, 5) is 34.9. The Morgan fingerprint density at radius 1 is 1.45 bits per heavy atom. The number of carbonyl (C=O) groups is 3. The van der Waals surface area contributed by atoms with Crippen LogP contribution < -0.4 is 10.7 Å². The molecule has 0 spiro atoms. The van der Waals surface area contributed by atoms with Gasteiger partial charge in [0.25, 0.3) is 5.91 Å². The van der Waals surface area contributed by atoms with Gasteiger partial charge in [-0.15, -0.1) is 11.3 Å². The van der Waals surface area contributed by atoms with Crippen LogP contribution in [-0.4, -0.2) is 30.1 Å². The van der Waals surface area contributed by atoms with Crippen LogP contribution in [0.1, 0.15) is 17.7 Å². The van der Waals surface area contributed by atoms with Gasteiger partial charge in [-0.1, -0.05) is 6.07 Å². The maximum Gasteiger partial charge on any atom is 0.355 e. The molecule has 1 aliphatic rings. The van der Waals surface area contributed by atoms with Gasteiger partial charge >= 0.3 is 5.97 Å². The lowest BCUT2D eigenvalue weighted by molar-refractivity contribution is -0.142. The maximum absolute atomic E-state index is 11.6. The molecule has 2 heterocycles. The van der Waals surface area contributed by atoms with Gasteiger partial charge in [0, 0.05) is 17.7 Å². The van der Waals surface area contributed by atoms with Crippen molar-refractivity contribution in [1.29, 1.82) is 0 Å². The van der Waals surface area contributed by atoms with Gasteiger partial charge in [-0.3, -0.25) is 9.59 Å². The van der Waals surface area contributed by atoms with Gasteiger partial charge in [0.15, 0.2) is 6.61 Å². The van der Waals surface area contributed by atoms with Gasteiger partial charge in [-0.2, -0.15) is 5.10 Å². The van der Waals surface area contributed by atoms with Crippen molar-refractivity contribution in [2.45, 2.75) is 19.4 Å². The van der Waals surface area contributed by atoms with Crippen molar-refractivity contribution in [3.63, 3.8) is 0 Å². The van der Waals surface area contributed by atoms with Crippen LogP contribution in [0.4, 0.5) is 0 Å². The molecule has 0 aliphatic carbocycles. The molecule has 7 nitrogen and oxygen atoms in total. The summed E-state index contributed by atoms with van der Waals surface area (Å²) >= 11 is 1.53. The highest BCUT2D eigenvalue weighted by molar-refractivity contribution is 7.09. The normalized spacial score (nSPS) is 14.2. The molecule has 106 valence electrons. The molecule has 1 aromatic heterocycles. The molecule has 0 bridgehead atoms. The minimum atomic E-state index is -0.684. The van der Waals surface area contributed by atoms with Crippen molar-refractivity contribution in [2.75, 3.05) is 6.61 Å². The highest BCUT2D eigenvalue weighted by Crippen LogP contribution is 2.07. The lowest BCUT2D eigenvalue weighted by Gasteiger charge is -2.11. The van der Waals surface area contributed by atoms with E-state index in [1.54, 1.807) is 0 Å². The minimum absolute atomic E-state index is 0.121. The molecule has 1 aliphatic heterocycles. The summed E-state index contributed by atoms with van der Waals surface area (Å²) in [5.41, 5.74) is 2.31. The Morgan fingerprint density at radius 2 is 2.30 bits per heavy atom. The summed E-state index contributed by atoms with van der Waals surface area (Å²) in [5.74, 6) is -1.31. The quantitative estimate of drug-likeness (QED) is 0.757. The second kappa shape index (κ2) is 6.80. The van der Waals surface area contributed by atoms with Crippen molar-refractivity contribution >= 4 is 34.8 Å². The average Bonchev–Trinajstić information content (AvgIpc) is 2.96. The van der Waals surface area contributed by atoms with E-state index in [2.05, 4.69) is 15.8 Å². The number of nitrogens with one attached hydrogen (secondary N) is 2. The van der Waals surface area contributed by atoms with Crippen LogP contribution in [0.2, 0.25) is 0 Å². The van der Waals surface area contributed by atoms with E-state index in [4.69, 9.17) is 4.74 Å². The van der Waals surface area contributed by atoms with E-state index in [0.29, 0.717) is 6.54 Å². The molecule has 0 fully saturated rings. The number of amides is 2. The van der Waals surface area contributed by atoms with Crippen molar-refractivity contribution in [2.24, 2.45) is 5.10 Å². The highest BCUT2D eigenvalue weighted by Gasteiger charge is 2.20. The summed E-state index contributed by atoms with van der Waals surface area (Å²) in [5, 5.41) is 8.14. The first kappa shape index (κ1) is 14.2. The van der Waals surface area contributed by atoms with Gasteiger partial charge in [0.1, 0.15) is 5.71 Å². The standard InChI is InChI=1S/C12H13N3O4S/c16-10-4-3-9(14-15-10)12(18)19-7-11(17)13-6-8-2-1-5-20-8/h1-2,5H,3-4,6-7H2,(H,13,17)(H,15,16). The Bertz CT molecular complexity index is 539. The molecule has 0 aromatic carbocycles. The number of thiophene rings is 1. The zero-order valence-electron chi connectivity index (χ0n) is 10.5. The SMILES string of the molecule is O=C(COC(=O)C1=NNC(=O)CC1)NCc1cccs1. The number of nitrogens with zero attached hydrogens (tertiary/aromatic N) is 1. The minimum Gasteiger partial charge on any atom is -0.451 e. The summed E-state index contributed by atoms with van der Waals surface area (Å²) < 4.78 is 4.82. The summed E-state index contributed by atoms with van der Waals surface area (Å²) in [7, 11) is 0. The van der Waals surface area contributed by atoms with Crippen molar-refractivity contribution in [3.05, 3.63) is 22.4 Å². The van der Waals surface area contributed by atoms with Crippen LogP contribution in [-0.2, 0) is 25.7 Å². The number of carbonyl (C=O) groups excluding carboxylic acids is 3. The molecule has 2 amide bonds. The molecule has 0 saturated carbocycles. The van der Waals surface area contributed by atoms with E-state index in [1.165, 1.54) is 11.3 Å². The molecule has 2 rings (SSSR count). The third kappa shape index (κ3) is 4.16. The first-order valence-electron chi connectivity index (χ1n) is 5.97. The average molecular weight is 295 g/mol. The van der Waals surface area contributed by atoms with Crippen LogP contribution in [0.15, 0.2) is 22.6 Å². The predicted octanol–water partition coefficient (Wildman–Crippen LogP) is 0.174. The fourth-order valence-electron chi connectivity index (χ4n) is 1.49. The molecule has 0 atom stereocenters. The molecular weight excluding hydrogens is 282 g/mol. The second-order valence-corrected chi connectivity index (χ2v) is 5.06. The topological polar surface area (TPSA) is 96.9 Å². The van der Waals surface area contributed by atoms with Gasteiger partial charge in [0.2, 0.25) is 5.91 Å². The van der Waals surface area contributed by atoms with Crippen molar-refractivity contribution in [1.82, 2.24) is 10.7 Å². The monoisotopic (exact) mass is 295 g/mol. The third-order valence-corrected chi connectivity index (χ3v) is 3.39. The zero-order chi connectivity index (χ0) is 14.4. The molecule has 0 unspecified atom stereocenters. The molecule has 20 heavy (non-hydrogen) atoms. The maximum atomic E-state index is 11.6. The van der Waals surface area contributed by atoms with Gasteiger partial charge in [0.05, 0.1) is 6.54 Å². The number of esters is 1. The Morgan fingerprint density at radius 3 is 2.95 bits per heavy atom. The van der Waals surface area contributed by atoms with Crippen molar-refractivity contribution < 1.29 is 19.1 Å². The van der Waals surface area contributed by atoms with E-state index in [9.17, 15) is 14.4 Å². The number of hydrogen-bond acceptors (Lipinski definition) is 6. The largest absolute Gasteiger partial charge is 0.451 e. The molecule has 0 saturated heterocycles. The van der Waals surface area contributed by atoms with Gasteiger partial charge < -0.3 is 10.1 Å². The summed E-state index contributed by atoms with van der Waals surface area (Å²) in [6, 6.07) is 3.79. The first-order chi connectivity index (χ1) is 9.65. The van der Waals surface area contributed by atoms with Crippen LogP contribution in [0, 0.1) is 0 Å². The lowest BCUT2D eigenvalue weighted by Crippen LogP contribution is -2.33. The number of hydrazone groups is 1. The van der Waals surface area contributed by atoms with Gasteiger partial charge in [-0.25, -0.2) is 10.2 Å². The van der Waals surface area contributed by atoms with E-state index in [0.717, 1.165) is 4.88 Å². The fourth-order valence-corrected chi connectivity index (χ4v) is 2.13. The predicted molar refractivity (Wildman–Crippen MR) is 71.9 cm³/mol. The third-order valence-electron chi connectivity index (χ3n) is 2.51. The summed E-state index contributed by atoms with van der Waals surface area (Å²) in [6.45, 7) is 0.0439. The number of rotatable bonds is 5. The van der Waals surface area contributed by atoms with Crippen LogP contribution in [0.25, 0.3) is 0 Å². The van der Waals surface area contributed by atoms with E-state index in [-0.39, 0.29) is 37.0 Å². The van der Waals surface area contributed by atoms with Crippen LogP contribution in [0.3, 0.4) is 0 Å². The Kier molecular flexibility index (Phi) is 4.83. The van der Waals surface area contributed by atoms with Crippen LogP contribution >= 0.6 is 11.3 Å². The van der Waals surface area contributed by atoms with E-state index >= 15 is 0 Å². The molecular formula is C12H13N3O4S. The molecule has 0 radical (unpaired) electrons. The number of hydrogen-bond donors (Lipinski definition) is 2. The lowest BCUT2D eigenvalue weighted by atomic mass is 10.2. The highest BCUT2D eigenvalue weighted by atomic mass is 32.1. The fraction of sp³-hybridized carbons (Fsp3) is 0.333. The second-order valence-electron chi connectivity index (χ2n) is 4.03. The van der Waals surface area contributed by atoms with E-state index < -0.39 is 5.97 Å². The van der Waals surface area contributed by atoms with Gasteiger partial charge in [-0.05, 0) is 11.4 Å². The number of ether oxygens (including phenoxy) is 1. The molecule has 2 N–H and O–H groups in total. The molecule has 8 heteroatoms. The van der Waals surface area contributed by atoms with Crippen molar-refractivity contribution in [3.8, 4) is 0 Å². The Balaban J connectivity index is 1.70.